The van der Waals surface area contributed by atoms with Crippen LogP contribution in [-0.4, -0.2) is 31.3 Å². The molecule has 1 aromatic heterocycles. The van der Waals surface area contributed by atoms with E-state index in [1.807, 2.05) is 13.8 Å². The number of aromatic nitrogens is 1. The molecule has 1 heterocycles. The smallest absolute Gasteiger partial charge is 0.190 e. The Labute approximate surface area is 115 Å². The first-order chi connectivity index (χ1) is 9.10. The predicted molar refractivity (Wildman–Crippen MR) is 78.7 cm³/mol. The van der Waals surface area contributed by atoms with Crippen LogP contribution < -0.4 is 10.6 Å². The number of nitrogens with zero attached hydrogens (tertiary/aromatic N) is 2. The third-order valence-electron chi connectivity index (χ3n) is 3.20. The zero-order chi connectivity index (χ0) is 14.3. The second-order valence-electron chi connectivity index (χ2n) is 4.87. The lowest BCUT2D eigenvalue weighted by atomic mass is 10.00. The van der Waals surface area contributed by atoms with E-state index in [1.165, 1.54) is 12.0 Å². The second kappa shape index (κ2) is 7.81. The highest BCUT2D eigenvalue weighted by Crippen LogP contribution is 2.22. The molecule has 5 nitrogen and oxygen atoms in total. The molecule has 0 aliphatic heterocycles. The normalized spacial score (nSPS) is 13.4. The molecule has 0 saturated carbocycles. The molecule has 0 saturated heterocycles. The summed E-state index contributed by atoms with van der Waals surface area (Å²) in [5.41, 5.74) is 2.16. The van der Waals surface area contributed by atoms with E-state index in [2.05, 4.69) is 34.6 Å². The van der Waals surface area contributed by atoms with Crippen LogP contribution in [-0.2, 0) is 0 Å². The SMILES string of the molecule is CCCCNC(=NC)NCC(C)c1c(C)noc1C. The first-order valence-corrected chi connectivity index (χ1v) is 6.97. The van der Waals surface area contributed by atoms with E-state index in [-0.39, 0.29) is 0 Å². The molecule has 1 atom stereocenters. The van der Waals surface area contributed by atoms with Crippen molar-refractivity contribution in [1.29, 1.82) is 0 Å². The van der Waals surface area contributed by atoms with Crippen molar-refractivity contribution in [3.05, 3.63) is 17.0 Å². The van der Waals surface area contributed by atoms with Gasteiger partial charge in [-0.25, -0.2) is 0 Å². The van der Waals surface area contributed by atoms with E-state index in [9.17, 15) is 0 Å². The molecule has 0 aromatic carbocycles. The average Bonchev–Trinajstić information content (AvgIpc) is 2.73. The fourth-order valence-corrected chi connectivity index (χ4v) is 2.15. The second-order valence-corrected chi connectivity index (χ2v) is 4.87. The number of hydrogen-bond donors (Lipinski definition) is 2. The number of hydrogen-bond acceptors (Lipinski definition) is 3. The van der Waals surface area contributed by atoms with Crippen LogP contribution in [0.25, 0.3) is 0 Å². The molecule has 1 rings (SSSR count). The van der Waals surface area contributed by atoms with Crippen LogP contribution in [0.15, 0.2) is 9.52 Å². The fourth-order valence-electron chi connectivity index (χ4n) is 2.15. The molecule has 5 heteroatoms. The Morgan fingerprint density at radius 3 is 2.63 bits per heavy atom. The van der Waals surface area contributed by atoms with Gasteiger partial charge in [0.05, 0.1) is 5.69 Å². The van der Waals surface area contributed by atoms with E-state index < -0.39 is 0 Å². The van der Waals surface area contributed by atoms with Crippen molar-refractivity contribution < 1.29 is 4.52 Å². The zero-order valence-corrected chi connectivity index (χ0v) is 12.7. The summed E-state index contributed by atoms with van der Waals surface area (Å²) < 4.78 is 5.21. The molecule has 1 unspecified atom stereocenters. The van der Waals surface area contributed by atoms with Gasteiger partial charge in [-0.1, -0.05) is 25.4 Å². The van der Waals surface area contributed by atoms with Gasteiger partial charge in [0.25, 0.3) is 0 Å². The molecular formula is C14H26N4O. The van der Waals surface area contributed by atoms with Gasteiger partial charge in [0.1, 0.15) is 5.76 Å². The van der Waals surface area contributed by atoms with Crippen LogP contribution in [0.2, 0.25) is 0 Å². The van der Waals surface area contributed by atoms with Crippen LogP contribution in [0, 0.1) is 13.8 Å². The van der Waals surface area contributed by atoms with Gasteiger partial charge in [-0.3, -0.25) is 4.99 Å². The lowest BCUT2D eigenvalue weighted by Crippen LogP contribution is -2.39. The molecule has 2 N–H and O–H groups in total. The van der Waals surface area contributed by atoms with E-state index in [0.717, 1.165) is 36.9 Å². The number of aryl methyl sites for hydroxylation is 2. The number of aliphatic imine (C=N–C) groups is 1. The zero-order valence-electron chi connectivity index (χ0n) is 12.7. The maximum Gasteiger partial charge on any atom is 0.190 e. The van der Waals surface area contributed by atoms with Gasteiger partial charge in [0.2, 0.25) is 0 Å². The highest BCUT2D eigenvalue weighted by Gasteiger charge is 2.16. The van der Waals surface area contributed by atoms with Gasteiger partial charge >= 0.3 is 0 Å². The maximum absolute atomic E-state index is 5.21. The largest absolute Gasteiger partial charge is 0.361 e. The summed E-state index contributed by atoms with van der Waals surface area (Å²) in [6.07, 6.45) is 2.33. The quantitative estimate of drug-likeness (QED) is 0.471. The summed E-state index contributed by atoms with van der Waals surface area (Å²) in [4.78, 5) is 4.21. The molecule has 19 heavy (non-hydrogen) atoms. The molecule has 0 aliphatic carbocycles. The van der Waals surface area contributed by atoms with Crippen LogP contribution >= 0.6 is 0 Å². The Bertz CT molecular complexity index is 392. The summed E-state index contributed by atoms with van der Waals surface area (Å²) >= 11 is 0. The average molecular weight is 266 g/mol. The topological polar surface area (TPSA) is 62.5 Å². The van der Waals surface area contributed by atoms with Gasteiger partial charge in [-0.15, -0.1) is 0 Å². The Morgan fingerprint density at radius 2 is 2.11 bits per heavy atom. The van der Waals surface area contributed by atoms with E-state index >= 15 is 0 Å². The van der Waals surface area contributed by atoms with Gasteiger partial charge in [0, 0.05) is 31.6 Å². The Kier molecular flexibility index (Phi) is 6.39. The van der Waals surface area contributed by atoms with Crippen molar-refractivity contribution in [3.63, 3.8) is 0 Å². The van der Waals surface area contributed by atoms with Crippen molar-refractivity contribution >= 4 is 5.96 Å². The molecule has 0 aliphatic rings. The Morgan fingerprint density at radius 1 is 1.37 bits per heavy atom. The summed E-state index contributed by atoms with van der Waals surface area (Å²) in [6.45, 7) is 10.1. The highest BCUT2D eigenvalue weighted by molar-refractivity contribution is 5.79. The van der Waals surface area contributed by atoms with Crippen molar-refractivity contribution in [2.24, 2.45) is 4.99 Å². The minimum absolute atomic E-state index is 0.343. The Balaban J connectivity index is 2.47. The summed E-state index contributed by atoms with van der Waals surface area (Å²) in [5.74, 6) is 2.10. The van der Waals surface area contributed by atoms with Gasteiger partial charge in [-0.05, 0) is 20.3 Å². The Hall–Kier alpha value is -1.52. The van der Waals surface area contributed by atoms with Crippen LogP contribution in [0.1, 0.15) is 49.6 Å². The minimum atomic E-state index is 0.343. The van der Waals surface area contributed by atoms with Gasteiger partial charge in [-0.2, -0.15) is 0 Å². The third-order valence-corrected chi connectivity index (χ3v) is 3.20. The number of nitrogens with one attached hydrogen (secondary N) is 2. The lowest BCUT2D eigenvalue weighted by molar-refractivity contribution is 0.391. The van der Waals surface area contributed by atoms with Gasteiger partial charge in [0.15, 0.2) is 5.96 Å². The van der Waals surface area contributed by atoms with Crippen LogP contribution in [0.3, 0.4) is 0 Å². The first-order valence-electron chi connectivity index (χ1n) is 6.97. The molecule has 1 aromatic rings. The first kappa shape index (κ1) is 15.5. The molecular weight excluding hydrogens is 240 g/mol. The maximum atomic E-state index is 5.21. The van der Waals surface area contributed by atoms with E-state index in [0.29, 0.717) is 5.92 Å². The van der Waals surface area contributed by atoms with Crippen LogP contribution in [0.5, 0.6) is 0 Å². The molecule has 0 bridgehead atoms. The van der Waals surface area contributed by atoms with Gasteiger partial charge < -0.3 is 15.2 Å². The molecule has 0 amide bonds. The standard InChI is InChI=1S/C14H26N4O/c1-6-7-8-16-14(15-5)17-9-10(2)13-11(3)18-19-12(13)4/h10H,6-9H2,1-5H3,(H2,15,16,17). The van der Waals surface area contributed by atoms with Crippen molar-refractivity contribution in [2.75, 3.05) is 20.1 Å². The highest BCUT2D eigenvalue weighted by atomic mass is 16.5. The number of unbranched alkanes of at least 4 members (excludes halogenated alkanes) is 1. The predicted octanol–water partition coefficient (Wildman–Crippen LogP) is 2.36. The summed E-state index contributed by atoms with van der Waals surface area (Å²) in [6, 6.07) is 0. The molecule has 0 radical (unpaired) electrons. The summed E-state index contributed by atoms with van der Waals surface area (Å²) in [5, 5.41) is 10.6. The number of guanidine groups is 1. The van der Waals surface area contributed by atoms with Crippen molar-refractivity contribution in [1.82, 2.24) is 15.8 Å². The summed E-state index contributed by atoms with van der Waals surface area (Å²) in [7, 11) is 1.79. The molecule has 0 fully saturated rings. The third kappa shape index (κ3) is 4.58. The van der Waals surface area contributed by atoms with E-state index in [4.69, 9.17) is 4.52 Å². The number of rotatable bonds is 6. The fraction of sp³-hybridized carbons (Fsp3) is 0.714. The molecule has 0 spiro atoms. The monoisotopic (exact) mass is 266 g/mol. The minimum Gasteiger partial charge on any atom is -0.361 e. The van der Waals surface area contributed by atoms with Crippen molar-refractivity contribution in [3.8, 4) is 0 Å². The van der Waals surface area contributed by atoms with E-state index in [1.54, 1.807) is 7.05 Å². The van der Waals surface area contributed by atoms with Crippen LogP contribution in [0.4, 0.5) is 0 Å². The van der Waals surface area contributed by atoms with Crippen molar-refractivity contribution in [2.45, 2.75) is 46.5 Å². The lowest BCUT2D eigenvalue weighted by Gasteiger charge is -2.15. The molecule has 108 valence electrons.